The van der Waals surface area contributed by atoms with Gasteiger partial charge in [-0.05, 0) is 43.2 Å². The molecule has 0 radical (unpaired) electrons. The molecule has 0 amide bonds. The summed E-state index contributed by atoms with van der Waals surface area (Å²) in [5, 5.41) is 0.617. The van der Waals surface area contributed by atoms with Crippen molar-refractivity contribution in [2.45, 2.75) is 19.3 Å². The van der Waals surface area contributed by atoms with Crippen LogP contribution >= 0.6 is 11.6 Å². The highest BCUT2D eigenvalue weighted by atomic mass is 35.5. The van der Waals surface area contributed by atoms with Crippen LogP contribution in [0.2, 0.25) is 5.02 Å². The molecule has 0 bridgehead atoms. The minimum Gasteiger partial charge on any atom is -0.303 e. The summed E-state index contributed by atoms with van der Waals surface area (Å²) in [5.41, 5.74) is 0.621. The molecule has 0 aromatic heterocycles. The molecule has 3 heteroatoms. The maximum absolute atomic E-state index is 11.6. The van der Waals surface area contributed by atoms with Crippen LogP contribution in [-0.4, -0.2) is 12.1 Å². The summed E-state index contributed by atoms with van der Waals surface area (Å²) in [4.78, 5) is 21.6. The number of hydrogen-bond donors (Lipinski definition) is 0. The molecule has 2 nitrogen and oxygen atoms in total. The van der Waals surface area contributed by atoms with Gasteiger partial charge in [-0.1, -0.05) is 17.7 Å². The van der Waals surface area contributed by atoms with Crippen molar-refractivity contribution < 1.29 is 9.59 Å². The maximum Gasteiger partial charge on any atom is 0.185 e. The van der Waals surface area contributed by atoms with E-state index in [0.29, 0.717) is 17.0 Å². The molecule has 0 unspecified atom stereocenters. The van der Waals surface area contributed by atoms with E-state index in [1.807, 2.05) is 0 Å². The average Bonchev–Trinajstić information content (AvgIpc) is 2.29. The molecule has 0 fully saturated rings. The van der Waals surface area contributed by atoms with E-state index < -0.39 is 0 Å². The molecule has 0 N–H and O–H groups in total. The van der Waals surface area contributed by atoms with Crippen LogP contribution in [0.15, 0.2) is 36.4 Å². The topological polar surface area (TPSA) is 34.1 Å². The minimum atomic E-state index is -0.0391. The second kappa shape index (κ2) is 6.96. The van der Waals surface area contributed by atoms with Crippen molar-refractivity contribution in [2.24, 2.45) is 0 Å². The Balaban J connectivity index is 2.45. The van der Waals surface area contributed by atoms with Gasteiger partial charge in [0, 0.05) is 17.0 Å². The molecule has 0 heterocycles. The van der Waals surface area contributed by atoms with Gasteiger partial charge < -0.3 is 4.79 Å². The van der Waals surface area contributed by atoms with Crippen molar-refractivity contribution in [1.82, 2.24) is 0 Å². The zero-order chi connectivity index (χ0) is 11.8. The van der Waals surface area contributed by atoms with Crippen LogP contribution in [0.3, 0.4) is 0 Å². The Morgan fingerprint density at radius 1 is 1.19 bits per heavy atom. The number of carbonyl (C=O) groups is 2. The van der Waals surface area contributed by atoms with Crippen molar-refractivity contribution >= 4 is 23.7 Å². The summed E-state index contributed by atoms with van der Waals surface area (Å²) in [6.07, 6.45) is 6.29. The molecule has 1 aromatic carbocycles. The van der Waals surface area contributed by atoms with Gasteiger partial charge >= 0.3 is 0 Å². The molecule has 0 saturated heterocycles. The molecule has 1 aromatic rings. The highest BCUT2D eigenvalue weighted by Gasteiger charge is 2.00. The van der Waals surface area contributed by atoms with E-state index in [1.165, 1.54) is 6.08 Å². The first kappa shape index (κ1) is 12.7. The zero-order valence-corrected chi connectivity index (χ0v) is 9.61. The predicted octanol–water partition coefficient (Wildman–Crippen LogP) is 3.45. The molecule has 0 aliphatic heterocycles. The van der Waals surface area contributed by atoms with Gasteiger partial charge in [-0.25, -0.2) is 0 Å². The van der Waals surface area contributed by atoms with Crippen molar-refractivity contribution in [3.63, 3.8) is 0 Å². The summed E-state index contributed by atoms with van der Waals surface area (Å²) < 4.78 is 0. The third-order valence-corrected chi connectivity index (χ3v) is 2.34. The quantitative estimate of drug-likeness (QED) is 0.328. The third-order valence-electron chi connectivity index (χ3n) is 2.09. The van der Waals surface area contributed by atoms with Gasteiger partial charge in [-0.2, -0.15) is 0 Å². The van der Waals surface area contributed by atoms with E-state index in [4.69, 9.17) is 11.6 Å². The first-order chi connectivity index (χ1) is 7.74. The van der Waals surface area contributed by atoms with E-state index in [0.717, 1.165) is 19.1 Å². The van der Waals surface area contributed by atoms with Crippen LogP contribution < -0.4 is 0 Å². The maximum atomic E-state index is 11.6. The lowest BCUT2D eigenvalue weighted by atomic mass is 10.1. The fraction of sp³-hybridized carbons (Fsp3) is 0.231. The Labute approximate surface area is 99.9 Å². The number of rotatable bonds is 6. The van der Waals surface area contributed by atoms with Gasteiger partial charge in [-0.15, -0.1) is 0 Å². The van der Waals surface area contributed by atoms with Crippen molar-refractivity contribution in [2.75, 3.05) is 0 Å². The number of carbonyl (C=O) groups excluding carboxylic acids is 2. The van der Waals surface area contributed by atoms with Crippen LogP contribution in [0.1, 0.15) is 29.6 Å². The summed E-state index contributed by atoms with van der Waals surface area (Å²) >= 11 is 5.72. The number of hydrogen-bond acceptors (Lipinski definition) is 2. The van der Waals surface area contributed by atoms with E-state index in [1.54, 1.807) is 30.3 Å². The fourth-order valence-corrected chi connectivity index (χ4v) is 1.35. The number of allylic oxidation sites excluding steroid dienone is 2. The molecule has 0 atom stereocenters. The van der Waals surface area contributed by atoms with Crippen LogP contribution in [0.25, 0.3) is 0 Å². The van der Waals surface area contributed by atoms with E-state index in [9.17, 15) is 9.59 Å². The minimum absolute atomic E-state index is 0.0391. The second-order valence-electron chi connectivity index (χ2n) is 3.37. The first-order valence-corrected chi connectivity index (χ1v) is 5.52. The fourth-order valence-electron chi connectivity index (χ4n) is 1.22. The van der Waals surface area contributed by atoms with Gasteiger partial charge in [0.05, 0.1) is 0 Å². The van der Waals surface area contributed by atoms with Gasteiger partial charge in [0.15, 0.2) is 5.78 Å². The zero-order valence-electron chi connectivity index (χ0n) is 8.86. The van der Waals surface area contributed by atoms with Crippen LogP contribution in [0, 0.1) is 0 Å². The number of unbranched alkanes of at least 4 members (excludes halogenated alkanes) is 2. The lowest BCUT2D eigenvalue weighted by Gasteiger charge is -1.95. The Bertz CT molecular complexity index is 379. The summed E-state index contributed by atoms with van der Waals surface area (Å²) in [7, 11) is 0. The number of benzene rings is 1. The number of aldehydes is 1. The van der Waals surface area contributed by atoms with Gasteiger partial charge in [0.1, 0.15) is 6.29 Å². The Kier molecular flexibility index (Phi) is 5.51. The first-order valence-electron chi connectivity index (χ1n) is 5.14. The average molecular weight is 237 g/mol. The lowest BCUT2D eigenvalue weighted by Crippen LogP contribution is -1.93. The molecular weight excluding hydrogens is 224 g/mol. The summed E-state index contributed by atoms with van der Waals surface area (Å²) in [6, 6.07) is 6.77. The normalized spacial score (nSPS) is 10.6. The smallest absolute Gasteiger partial charge is 0.185 e. The lowest BCUT2D eigenvalue weighted by molar-refractivity contribution is -0.107. The van der Waals surface area contributed by atoms with Gasteiger partial charge in [0.25, 0.3) is 0 Å². The van der Waals surface area contributed by atoms with Crippen molar-refractivity contribution in [1.29, 1.82) is 0 Å². The van der Waals surface area contributed by atoms with Gasteiger partial charge in [-0.3, -0.25) is 4.79 Å². The molecule has 16 heavy (non-hydrogen) atoms. The van der Waals surface area contributed by atoms with Crippen LogP contribution in [0.4, 0.5) is 0 Å². The Morgan fingerprint density at radius 3 is 2.50 bits per heavy atom. The molecule has 0 saturated carbocycles. The SMILES string of the molecule is O=CCCC/C=C/C(=O)c1ccc(Cl)cc1. The van der Waals surface area contributed by atoms with Crippen LogP contribution in [0.5, 0.6) is 0 Å². The monoisotopic (exact) mass is 236 g/mol. The summed E-state index contributed by atoms with van der Waals surface area (Å²) in [5.74, 6) is -0.0391. The number of halogens is 1. The van der Waals surface area contributed by atoms with Crippen molar-refractivity contribution in [3.05, 3.63) is 47.0 Å². The molecule has 0 aliphatic carbocycles. The van der Waals surface area contributed by atoms with E-state index in [2.05, 4.69) is 0 Å². The highest BCUT2D eigenvalue weighted by molar-refractivity contribution is 6.30. The molecule has 0 spiro atoms. The van der Waals surface area contributed by atoms with E-state index >= 15 is 0 Å². The van der Waals surface area contributed by atoms with Gasteiger partial charge in [0.2, 0.25) is 0 Å². The standard InChI is InChI=1S/C13H13ClO2/c14-12-8-6-11(7-9-12)13(16)5-3-1-2-4-10-15/h3,5-10H,1-2,4H2/b5-3+. The second-order valence-corrected chi connectivity index (χ2v) is 3.81. The molecular formula is C13H13ClO2. The molecule has 0 aliphatic rings. The predicted molar refractivity (Wildman–Crippen MR) is 64.8 cm³/mol. The number of ketones is 1. The van der Waals surface area contributed by atoms with E-state index in [-0.39, 0.29) is 5.78 Å². The molecule has 1 rings (SSSR count). The van der Waals surface area contributed by atoms with Crippen molar-refractivity contribution in [3.8, 4) is 0 Å². The highest BCUT2D eigenvalue weighted by Crippen LogP contribution is 2.10. The Morgan fingerprint density at radius 2 is 1.88 bits per heavy atom. The third kappa shape index (κ3) is 4.41. The van der Waals surface area contributed by atoms with Crippen LogP contribution in [-0.2, 0) is 4.79 Å². The largest absolute Gasteiger partial charge is 0.303 e. The molecule has 84 valence electrons. The summed E-state index contributed by atoms with van der Waals surface area (Å²) in [6.45, 7) is 0. The Hall–Kier alpha value is -1.41.